The van der Waals surface area contributed by atoms with Gasteiger partial charge in [0.25, 0.3) is 0 Å². The van der Waals surface area contributed by atoms with E-state index in [9.17, 15) is 5.11 Å². The summed E-state index contributed by atoms with van der Waals surface area (Å²) in [7, 11) is 0. The lowest BCUT2D eigenvalue weighted by Crippen LogP contribution is -1.98. The van der Waals surface area contributed by atoms with Crippen molar-refractivity contribution in [2.24, 2.45) is 5.10 Å². The van der Waals surface area contributed by atoms with Crippen molar-refractivity contribution in [3.05, 3.63) is 82.0 Å². The van der Waals surface area contributed by atoms with Crippen molar-refractivity contribution in [1.82, 2.24) is 19.9 Å². The number of halogens is 2. The normalized spacial score (nSPS) is 11.2. The van der Waals surface area contributed by atoms with Gasteiger partial charge in [-0.3, -0.25) is 4.98 Å². The number of phenols is 1. The Kier molecular flexibility index (Phi) is 5.18. The van der Waals surface area contributed by atoms with Crippen molar-refractivity contribution >= 4 is 33.7 Å². The number of aromatic nitrogens is 4. The van der Waals surface area contributed by atoms with Crippen molar-refractivity contribution in [3.63, 3.8) is 0 Å². The number of hydrogen-bond donors (Lipinski definition) is 1. The lowest BCUT2D eigenvalue weighted by molar-refractivity contribution is 0.474. The van der Waals surface area contributed by atoms with Crippen molar-refractivity contribution in [1.29, 1.82) is 0 Å². The minimum atomic E-state index is 0.124. The standard InChI is InChI=1S/C20H13BrClN5O/c21-16-3-6-18(28)15(11-16)12-24-27-19(13-1-4-17(22)5-2-13)25-26-20(27)14-7-9-23-10-8-14/h1-12,28H/b24-12+. The second-order valence-electron chi connectivity index (χ2n) is 5.85. The molecule has 0 aliphatic carbocycles. The van der Waals surface area contributed by atoms with E-state index in [0.29, 0.717) is 22.2 Å². The first-order chi connectivity index (χ1) is 13.6. The van der Waals surface area contributed by atoms with Gasteiger partial charge in [-0.1, -0.05) is 27.5 Å². The first kappa shape index (κ1) is 18.3. The molecule has 2 aromatic heterocycles. The molecule has 0 unspecified atom stereocenters. The third kappa shape index (κ3) is 3.81. The van der Waals surface area contributed by atoms with Crippen molar-refractivity contribution in [2.75, 3.05) is 0 Å². The van der Waals surface area contributed by atoms with Crippen LogP contribution in [-0.2, 0) is 0 Å². The van der Waals surface area contributed by atoms with Crippen molar-refractivity contribution in [2.45, 2.75) is 0 Å². The molecule has 0 saturated carbocycles. The number of benzene rings is 2. The van der Waals surface area contributed by atoms with E-state index in [4.69, 9.17) is 11.6 Å². The Morgan fingerprint density at radius 3 is 2.25 bits per heavy atom. The third-order valence-corrected chi connectivity index (χ3v) is 4.73. The maximum Gasteiger partial charge on any atom is 0.185 e. The fraction of sp³-hybridized carbons (Fsp3) is 0. The number of aromatic hydroxyl groups is 1. The van der Waals surface area contributed by atoms with E-state index in [-0.39, 0.29) is 5.75 Å². The topological polar surface area (TPSA) is 76.2 Å². The maximum absolute atomic E-state index is 10.1. The summed E-state index contributed by atoms with van der Waals surface area (Å²) in [5.74, 6) is 1.23. The molecule has 4 aromatic rings. The highest BCUT2D eigenvalue weighted by Crippen LogP contribution is 2.26. The van der Waals surface area contributed by atoms with Gasteiger partial charge in [0.05, 0.1) is 6.21 Å². The molecule has 0 spiro atoms. The summed E-state index contributed by atoms with van der Waals surface area (Å²) in [6, 6.07) is 16.1. The van der Waals surface area contributed by atoms with Crippen LogP contribution in [0.1, 0.15) is 5.56 Å². The van der Waals surface area contributed by atoms with Gasteiger partial charge in [0.15, 0.2) is 11.6 Å². The van der Waals surface area contributed by atoms with Crippen LogP contribution in [0.5, 0.6) is 5.75 Å². The molecule has 4 rings (SSSR count). The smallest absolute Gasteiger partial charge is 0.185 e. The molecule has 138 valence electrons. The predicted molar refractivity (Wildman–Crippen MR) is 112 cm³/mol. The zero-order valence-electron chi connectivity index (χ0n) is 14.4. The van der Waals surface area contributed by atoms with Crippen LogP contribution in [0.3, 0.4) is 0 Å². The molecule has 1 N–H and O–H groups in total. The van der Waals surface area contributed by atoms with Gasteiger partial charge in [-0.25, -0.2) is 0 Å². The van der Waals surface area contributed by atoms with E-state index < -0.39 is 0 Å². The largest absolute Gasteiger partial charge is 0.507 e. The quantitative estimate of drug-likeness (QED) is 0.440. The van der Waals surface area contributed by atoms with Gasteiger partial charge in [-0.2, -0.15) is 9.78 Å². The Labute approximate surface area is 174 Å². The Bertz CT molecular complexity index is 1140. The molecule has 0 bridgehead atoms. The molecular formula is C20H13BrClN5O. The summed E-state index contributed by atoms with van der Waals surface area (Å²) in [5, 5.41) is 23.9. The lowest BCUT2D eigenvalue weighted by Gasteiger charge is -2.06. The average molecular weight is 455 g/mol. The second kappa shape index (κ2) is 7.92. The summed E-state index contributed by atoms with van der Waals surface area (Å²) in [6.45, 7) is 0. The molecule has 0 saturated heterocycles. The van der Waals surface area contributed by atoms with E-state index in [0.717, 1.165) is 15.6 Å². The second-order valence-corrected chi connectivity index (χ2v) is 7.20. The van der Waals surface area contributed by atoms with Crippen LogP contribution < -0.4 is 0 Å². The van der Waals surface area contributed by atoms with Crippen LogP contribution >= 0.6 is 27.5 Å². The molecule has 2 heterocycles. The highest BCUT2D eigenvalue weighted by molar-refractivity contribution is 9.10. The predicted octanol–water partition coefficient (Wildman–Crippen LogP) is 5.01. The first-order valence-electron chi connectivity index (χ1n) is 8.26. The first-order valence-corrected chi connectivity index (χ1v) is 9.43. The summed E-state index contributed by atoms with van der Waals surface area (Å²) in [4.78, 5) is 4.04. The Hall–Kier alpha value is -3.03. The molecule has 2 aromatic carbocycles. The van der Waals surface area contributed by atoms with Gasteiger partial charge >= 0.3 is 0 Å². The van der Waals surface area contributed by atoms with E-state index in [1.54, 1.807) is 53.6 Å². The minimum absolute atomic E-state index is 0.124. The fourth-order valence-corrected chi connectivity index (χ4v) is 3.10. The van der Waals surface area contributed by atoms with Gasteiger partial charge in [0.2, 0.25) is 0 Å². The van der Waals surface area contributed by atoms with E-state index in [2.05, 4.69) is 36.2 Å². The van der Waals surface area contributed by atoms with Crippen LogP contribution in [0.2, 0.25) is 5.02 Å². The molecule has 0 fully saturated rings. The molecule has 0 amide bonds. The molecule has 0 aliphatic heterocycles. The zero-order valence-corrected chi connectivity index (χ0v) is 16.7. The average Bonchev–Trinajstić information content (AvgIpc) is 3.14. The van der Waals surface area contributed by atoms with E-state index >= 15 is 0 Å². The van der Waals surface area contributed by atoms with E-state index in [1.165, 1.54) is 0 Å². The number of pyridine rings is 1. The van der Waals surface area contributed by atoms with Gasteiger partial charge in [0, 0.05) is 38.6 Å². The molecular weight excluding hydrogens is 442 g/mol. The number of rotatable bonds is 4. The van der Waals surface area contributed by atoms with Gasteiger partial charge in [-0.15, -0.1) is 10.2 Å². The maximum atomic E-state index is 10.1. The zero-order chi connectivity index (χ0) is 19.5. The molecule has 0 aliphatic rings. The van der Waals surface area contributed by atoms with Gasteiger partial charge in [0.1, 0.15) is 5.75 Å². The Balaban J connectivity index is 1.85. The third-order valence-electron chi connectivity index (χ3n) is 3.98. The summed E-state index contributed by atoms with van der Waals surface area (Å²) >= 11 is 9.40. The van der Waals surface area contributed by atoms with Gasteiger partial charge in [-0.05, 0) is 54.6 Å². The van der Waals surface area contributed by atoms with Crippen molar-refractivity contribution < 1.29 is 5.11 Å². The Morgan fingerprint density at radius 2 is 1.57 bits per heavy atom. The molecule has 28 heavy (non-hydrogen) atoms. The highest BCUT2D eigenvalue weighted by Gasteiger charge is 2.15. The number of nitrogens with zero attached hydrogens (tertiary/aromatic N) is 5. The SMILES string of the molecule is Oc1ccc(Br)cc1/C=N/n1c(-c2ccncc2)nnc1-c1ccc(Cl)cc1. The summed E-state index contributed by atoms with van der Waals surface area (Å²) < 4.78 is 2.46. The van der Waals surface area contributed by atoms with Crippen molar-refractivity contribution in [3.8, 4) is 28.5 Å². The molecule has 0 radical (unpaired) electrons. The lowest BCUT2D eigenvalue weighted by atomic mass is 10.2. The fourth-order valence-electron chi connectivity index (χ4n) is 2.60. The van der Waals surface area contributed by atoms with Crippen LogP contribution in [0.4, 0.5) is 0 Å². The minimum Gasteiger partial charge on any atom is -0.507 e. The summed E-state index contributed by atoms with van der Waals surface area (Å²) in [6.07, 6.45) is 4.92. The van der Waals surface area contributed by atoms with Crippen LogP contribution in [0.25, 0.3) is 22.8 Å². The Morgan fingerprint density at radius 1 is 0.929 bits per heavy atom. The van der Waals surface area contributed by atoms with Crippen LogP contribution in [-0.4, -0.2) is 31.2 Å². The molecule has 6 nitrogen and oxygen atoms in total. The highest BCUT2D eigenvalue weighted by atomic mass is 79.9. The molecule has 8 heteroatoms. The summed E-state index contributed by atoms with van der Waals surface area (Å²) in [5.41, 5.74) is 2.19. The van der Waals surface area contributed by atoms with Crippen LogP contribution in [0, 0.1) is 0 Å². The van der Waals surface area contributed by atoms with E-state index in [1.807, 2.05) is 24.3 Å². The van der Waals surface area contributed by atoms with Crippen LogP contribution in [0.15, 0.2) is 76.6 Å². The monoisotopic (exact) mass is 453 g/mol. The number of hydrogen-bond acceptors (Lipinski definition) is 5. The molecule has 0 atom stereocenters. The number of phenolic OH excluding ortho intramolecular Hbond substituents is 1. The van der Waals surface area contributed by atoms with Gasteiger partial charge < -0.3 is 5.11 Å².